The maximum absolute atomic E-state index is 12.7. The number of halogens is 2. The van der Waals surface area contributed by atoms with Gasteiger partial charge in [-0.05, 0) is 24.1 Å². The number of nitrogens with one attached hydrogen (secondary N) is 2. The van der Waals surface area contributed by atoms with E-state index >= 15 is 0 Å². The standard InChI is InChI=1S/C18H22N6O.2ClH/c1-12-3-4-17-22-14(11-24(17)9-12)6-20-18(25)16-8-19-7-15(16)13-5-21-23(2)10-13;;/h3-5,9-11,15-16,19H,6-8H2,1-2H3,(H,20,25);2*1H/t15-,16+;;/m1../s1. The fourth-order valence-corrected chi connectivity index (χ4v) is 3.49. The molecule has 0 bridgehead atoms. The number of aromatic nitrogens is 4. The number of rotatable bonds is 4. The van der Waals surface area contributed by atoms with Gasteiger partial charge in [0.1, 0.15) is 5.65 Å². The van der Waals surface area contributed by atoms with E-state index in [1.807, 2.05) is 55.3 Å². The first-order chi connectivity index (χ1) is 12.1. The van der Waals surface area contributed by atoms with E-state index in [1.165, 1.54) is 5.56 Å². The molecule has 3 aromatic rings. The Hall–Kier alpha value is -2.09. The molecule has 4 rings (SSSR count). The van der Waals surface area contributed by atoms with Crippen molar-refractivity contribution < 1.29 is 4.79 Å². The number of pyridine rings is 1. The van der Waals surface area contributed by atoms with E-state index < -0.39 is 0 Å². The smallest absolute Gasteiger partial charge is 0.225 e. The van der Waals surface area contributed by atoms with Crippen molar-refractivity contribution in [3.63, 3.8) is 0 Å². The highest BCUT2D eigenvalue weighted by atomic mass is 35.5. The Kier molecular flexibility index (Phi) is 6.86. The van der Waals surface area contributed by atoms with Gasteiger partial charge < -0.3 is 15.0 Å². The minimum atomic E-state index is -0.0801. The van der Waals surface area contributed by atoms with Crippen molar-refractivity contribution in [3.8, 4) is 0 Å². The van der Waals surface area contributed by atoms with Crippen molar-refractivity contribution in [1.82, 2.24) is 29.8 Å². The lowest BCUT2D eigenvalue weighted by Gasteiger charge is -2.16. The quantitative estimate of drug-likeness (QED) is 0.687. The van der Waals surface area contributed by atoms with Crippen molar-refractivity contribution in [1.29, 1.82) is 0 Å². The zero-order chi connectivity index (χ0) is 17.4. The number of aryl methyl sites for hydroxylation is 2. The van der Waals surface area contributed by atoms with Crippen LogP contribution in [-0.2, 0) is 18.4 Å². The third-order valence-corrected chi connectivity index (χ3v) is 4.80. The average Bonchev–Trinajstić information content (AvgIpc) is 3.30. The first kappa shape index (κ1) is 21.2. The van der Waals surface area contributed by atoms with Crippen molar-refractivity contribution >= 4 is 36.4 Å². The van der Waals surface area contributed by atoms with Crippen LogP contribution in [0.4, 0.5) is 0 Å². The fraction of sp³-hybridized carbons (Fsp3) is 0.389. The largest absolute Gasteiger partial charge is 0.350 e. The summed E-state index contributed by atoms with van der Waals surface area (Å²) in [4.78, 5) is 17.2. The Bertz CT molecular complexity index is 922. The summed E-state index contributed by atoms with van der Waals surface area (Å²) >= 11 is 0. The highest BCUT2D eigenvalue weighted by Gasteiger charge is 2.34. The lowest BCUT2D eigenvalue weighted by molar-refractivity contribution is -0.125. The Morgan fingerprint density at radius 2 is 2.07 bits per heavy atom. The molecule has 7 nitrogen and oxygen atoms in total. The molecule has 2 atom stereocenters. The van der Waals surface area contributed by atoms with E-state index in [2.05, 4.69) is 20.7 Å². The van der Waals surface area contributed by atoms with Gasteiger partial charge in [0.05, 0.1) is 24.4 Å². The van der Waals surface area contributed by atoms with E-state index in [1.54, 1.807) is 4.68 Å². The molecule has 0 spiro atoms. The number of hydrogen-bond donors (Lipinski definition) is 2. The number of imidazole rings is 1. The van der Waals surface area contributed by atoms with Gasteiger partial charge in [0, 0.05) is 44.6 Å². The van der Waals surface area contributed by atoms with Crippen LogP contribution in [-0.4, -0.2) is 38.2 Å². The molecule has 146 valence electrons. The maximum atomic E-state index is 12.7. The number of amides is 1. The van der Waals surface area contributed by atoms with Gasteiger partial charge in [-0.25, -0.2) is 4.98 Å². The molecule has 1 aliphatic heterocycles. The topological polar surface area (TPSA) is 76.2 Å². The summed E-state index contributed by atoms with van der Waals surface area (Å²) in [6, 6.07) is 4.02. The van der Waals surface area contributed by atoms with Gasteiger partial charge in [-0.15, -0.1) is 24.8 Å². The summed E-state index contributed by atoms with van der Waals surface area (Å²) in [6.07, 6.45) is 7.84. The van der Waals surface area contributed by atoms with E-state index in [-0.39, 0.29) is 42.6 Å². The maximum Gasteiger partial charge on any atom is 0.225 e. The third kappa shape index (κ3) is 4.43. The number of carbonyl (C=O) groups excluding carboxylic acids is 1. The van der Waals surface area contributed by atoms with Gasteiger partial charge in [-0.1, -0.05) is 6.07 Å². The SMILES string of the molecule is Cc1ccc2nc(CNC(=O)[C@H]3CNC[C@@H]3c3cnn(C)c3)cn2c1.Cl.Cl. The van der Waals surface area contributed by atoms with E-state index in [9.17, 15) is 4.79 Å². The third-order valence-electron chi connectivity index (χ3n) is 4.80. The molecular weight excluding hydrogens is 387 g/mol. The second-order valence-electron chi connectivity index (χ2n) is 6.74. The van der Waals surface area contributed by atoms with Crippen LogP contribution in [0.2, 0.25) is 0 Å². The Labute approximate surface area is 170 Å². The lowest BCUT2D eigenvalue weighted by atomic mass is 9.90. The number of fused-ring (bicyclic) bond motifs is 1. The first-order valence-electron chi connectivity index (χ1n) is 8.51. The van der Waals surface area contributed by atoms with Crippen LogP contribution in [0.15, 0.2) is 36.9 Å². The van der Waals surface area contributed by atoms with E-state index in [0.29, 0.717) is 13.1 Å². The fourth-order valence-electron chi connectivity index (χ4n) is 3.49. The Balaban J connectivity index is 0.00000131. The van der Waals surface area contributed by atoms with Gasteiger partial charge in [0.2, 0.25) is 5.91 Å². The number of nitrogens with zero attached hydrogens (tertiary/aromatic N) is 4. The molecule has 0 saturated carbocycles. The van der Waals surface area contributed by atoms with Crippen LogP contribution in [0.1, 0.15) is 22.7 Å². The highest BCUT2D eigenvalue weighted by molar-refractivity contribution is 5.85. The van der Waals surface area contributed by atoms with Gasteiger partial charge in [0.15, 0.2) is 0 Å². The second-order valence-corrected chi connectivity index (χ2v) is 6.74. The molecule has 1 saturated heterocycles. The summed E-state index contributed by atoms with van der Waals surface area (Å²) in [5.74, 6) is 0.146. The summed E-state index contributed by atoms with van der Waals surface area (Å²) in [5.41, 5.74) is 4.04. The molecular formula is C18H24Cl2N6O. The van der Waals surface area contributed by atoms with Crippen LogP contribution in [0, 0.1) is 12.8 Å². The molecule has 3 aromatic heterocycles. The van der Waals surface area contributed by atoms with E-state index in [4.69, 9.17) is 0 Å². The Morgan fingerprint density at radius 3 is 2.81 bits per heavy atom. The molecule has 0 unspecified atom stereocenters. The molecule has 9 heteroatoms. The summed E-state index contributed by atoms with van der Waals surface area (Å²) in [7, 11) is 1.89. The van der Waals surface area contributed by atoms with Gasteiger partial charge >= 0.3 is 0 Å². The van der Waals surface area contributed by atoms with Gasteiger partial charge in [-0.2, -0.15) is 5.10 Å². The van der Waals surface area contributed by atoms with Crippen LogP contribution in [0.5, 0.6) is 0 Å². The lowest BCUT2D eigenvalue weighted by Crippen LogP contribution is -2.34. The molecule has 1 aliphatic rings. The van der Waals surface area contributed by atoms with Crippen LogP contribution in [0.25, 0.3) is 5.65 Å². The number of carbonyl (C=O) groups is 1. The molecule has 2 N–H and O–H groups in total. The van der Waals surface area contributed by atoms with Gasteiger partial charge in [0.25, 0.3) is 0 Å². The van der Waals surface area contributed by atoms with Gasteiger partial charge in [-0.3, -0.25) is 9.48 Å². The molecule has 1 amide bonds. The molecule has 27 heavy (non-hydrogen) atoms. The predicted molar refractivity (Wildman–Crippen MR) is 109 cm³/mol. The minimum absolute atomic E-state index is 0. The van der Waals surface area contributed by atoms with Crippen molar-refractivity contribution in [2.24, 2.45) is 13.0 Å². The molecule has 1 fully saturated rings. The molecule has 0 radical (unpaired) electrons. The second kappa shape index (κ2) is 8.73. The zero-order valence-corrected chi connectivity index (χ0v) is 16.9. The summed E-state index contributed by atoms with van der Waals surface area (Å²) in [6.45, 7) is 3.98. The molecule has 4 heterocycles. The van der Waals surface area contributed by atoms with Crippen molar-refractivity contribution in [3.05, 3.63) is 53.7 Å². The van der Waals surface area contributed by atoms with Crippen LogP contribution < -0.4 is 10.6 Å². The Morgan fingerprint density at radius 1 is 1.26 bits per heavy atom. The number of hydrogen-bond acceptors (Lipinski definition) is 4. The molecule has 0 aromatic carbocycles. The minimum Gasteiger partial charge on any atom is -0.350 e. The summed E-state index contributed by atoms with van der Waals surface area (Å²) < 4.78 is 3.77. The molecule has 0 aliphatic carbocycles. The first-order valence-corrected chi connectivity index (χ1v) is 8.51. The van der Waals surface area contributed by atoms with Crippen molar-refractivity contribution in [2.45, 2.75) is 19.4 Å². The summed E-state index contributed by atoms with van der Waals surface area (Å²) in [5, 5.41) is 10.6. The van der Waals surface area contributed by atoms with Crippen LogP contribution in [0.3, 0.4) is 0 Å². The van der Waals surface area contributed by atoms with Crippen LogP contribution >= 0.6 is 24.8 Å². The van der Waals surface area contributed by atoms with Crippen molar-refractivity contribution in [2.75, 3.05) is 13.1 Å². The normalized spacial score (nSPS) is 18.7. The predicted octanol–water partition coefficient (Wildman–Crippen LogP) is 1.84. The zero-order valence-electron chi connectivity index (χ0n) is 15.3. The monoisotopic (exact) mass is 410 g/mol. The van der Waals surface area contributed by atoms with E-state index in [0.717, 1.165) is 23.4 Å². The average molecular weight is 411 g/mol. The highest BCUT2D eigenvalue weighted by Crippen LogP contribution is 2.27.